The fourth-order valence-electron chi connectivity index (χ4n) is 1.33. The number of carbonyl (C=O) groups excluding carboxylic acids is 1. The van der Waals surface area contributed by atoms with Gasteiger partial charge in [0, 0.05) is 5.57 Å². The SMILES string of the molecule is C=C/C(=C\C=C(/C)C(N)=O)c1ccc(C)cc1. The van der Waals surface area contributed by atoms with Crippen LogP contribution in [0.3, 0.4) is 0 Å². The number of carbonyl (C=O) groups is 1. The number of primary amides is 1. The Bertz CT molecular complexity index is 478. The third-order valence-corrected chi connectivity index (χ3v) is 2.51. The van der Waals surface area contributed by atoms with Crippen molar-refractivity contribution in [1.82, 2.24) is 0 Å². The van der Waals surface area contributed by atoms with E-state index < -0.39 is 5.91 Å². The van der Waals surface area contributed by atoms with Crippen LogP contribution in [0.25, 0.3) is 5.57 Å². The lowest BCUT2D eigenvalue weighted by Gasteiger charge is -2.02. The molecule has 0 bridgehead atoms. The van der Waals surface area contributed by atoms with Crippen molar-refractivity contribution < 1.29 is 4.79 Å². The molecule has 0 aromatic heterocycles. The predicted molar refractivity (Wildman–Crippen MR) is 72.3 cm³/mol. The van der Waals surface area contributed by atoms with E-state index in [1.165, 1.54) is 5.56 Å². The number of hydrogen-bond donors (Lipinski definition) is 1. The number of rotatable bonds is 4. The number of hydrogen-bond acceptors (Lipinski definition) is 1. The molecule has 0 unspecified atom stereocenters. The quantitative estimate of drug-likeness (QED) is 0.623. The lowest BCUT2D eigenvalue weighted by atomic mass is 10.0. The van der Waals surface area contributed by atoms with Gasteiger partial charge in [-0.25, -0.2) is 0 Å². The van der Waals surface area contributed by atoms with Crippen molar-refractivity contribution in [1.29, 1.82) is 0 Å². The van der Waals surface area contributed by atoms with Crippen LogP contribution in [-0.4, -0.2) is 5.91 Å². The Kier molecular flexibility index (Phi) is 4.46. The average molecular weight is 227 g/mol. The minimum Gasteiger partial charge on any atom is -0.366 e. The van der Waals surface area contributed by atoms with Crippen molar-refractivity contribution in [2.75, 3.05) is 0 Å². The van der Waals surface area contributed by atoms with E-state index in [1.807, 2.05) is 37.3 Å². The van der Waals surface area contributed by atoms with Crippen LogP contribution in [-0.2, 0) is 4.79 Å². The molecule has 0 atom stereocenters. The molecule has 0 spiro atoms. The largest absolute Gasteiger partial charge is 0.366 e. The second-order valence-electron chi connectivity index (χ2n) is 3.91. The van der Waals surface area contributed by atoms with Crippen molar-refractivity contribution in [3.63, 3.8) is 0 Å². The van der Waals surface area contributed by atoms with Gasteiger partial charge in [0.15, 0.2) is 0 Å². The van der Waals surface area contributed by atoms with Crippen LogP contribution >= 0.6 is 0 Å². The molecule has 1 aromatic carbocycles. The molecule has 0 aliphatic carbocycles. The number of benzene rings is 1. The first-order chi connectivity index (χ1) is 8.04. The molecule has 0 saturated heterocycles. The molecule has 17 heavy (non-hydrogen) atoms. The fourth-order valence-corrected chi connectivity index (χ4v) is 1.33. The van der Waals surface area contributed by atoms with E-state index in [-0.39, 0.29) is 0 Å². The Morgan fingerprint density at radius 3 is 2.29 bits per heavy atom. The second kappa shape index (κ2) is 5.85. The highest BCUT2D eigenvalue weighted by molar-refractivity contribution is 5.92. The van der Waals surface area contributed by atoms with Gasteiger partial charge in [-0.3, -0.25) is 4.79 Å². The summed E-state index contributed by atoms with van der Waals surface area (Å²) in [5.41, 5.74) is 8.93. The van der Waals surface area contributed by atoms with E-state index in [2.05, 4.69) is 6.58 Å². The molecule has 0 aliphatic heterocycles. The van der Waals surface area contributed by atoms with Crippen LogP contribution < -0.4 is 5.73 Å². The molecular formula is C15H17NO. The first-order valence-corrected chi connectivity index (χ1v) is 5.42. The van der Waals surface area contributed by atoms with Gasteiger partial charge in [0.1, 0.15) is 0 Å². The van der Waals surface area contributed by atoms with Crippen molar-refractivity contribution >= 4 is 11.5 Å². The third kappa shape index (κ3) is 3.76. The normalized spacial score (nSPS) is 12.4. The molecule has 0 heterocycles. The summed E-state index contributed by atoms with van der Waals surface area (Å²) in [5.74, 6) is -0.409. The van der Waals surface area contributed by atoms with Crippen LogP contribution in [0.15, 0.2) is 54.6 Å². The molecule has 2 N–H and O–H groups in total. The highest BCUT2D eigenvalue weighted by Gasteiger charge is 1.97. The zero-order valence-electron chi connectivity index (χ0n) is 10.2. The summed E-state index contributed by atoms with van der Waals surface area (Å²) in [4.78, 5) is 10.9. The number of aryl methyl sites for hydroxylation is 1. The molecule has 0 aliphatic rings. The van der Waals surface area contributed by atoms with Gasteiger partial charge in [0.25, 0.3) is 0 Å². The summed E-state index contributed by atoms with van der Waals surface area (Å²) in [6.07, 6.45) is 5.31. The van der Waals surface area contributed by atoms with Crippen LogP contribution in [0, 0.1) is 6.92 Å². The Labute approximate surface area is 102 Å². The summed E-state index contributed by atoms with van der Waals surface area (Å²) in [6.45, 7) is 7.50. The zero-order chi connectivity index (χ0) is 12.8. The minimum atomic E-state index is -0.409. The van der Waals surface area contributed by atoms with E-state index in [0.717, 1.165) is 11.1 Å². The van der Waals surface area contributed by atoms with Crippen LogP contribution in [0.1, 0.15) is 18.1 Å². The number of allylic oxidation sites excluding steroid dienone is 4. The Morgan fingerprint density at radius 2 is 1.82 bits per heavy atom. The van der Waals surface area contributed by atoms with E-state index in [4.69, 9.17) is 5.73 Å². The van der Waals surface area contributed by atoms with Gasteiger partial charge in [-0.1, -0.05) is 54.6 Å². The van der Waals surface area contributed by atoms with E-state index in [0.29, 0.717) is 5.57 Å². The minimum absolute atomic E-state index is 0.409. The predicted octanol–water partition coefficient (Wildman–Crippen LogP) is 3.00. The summed E-state index contributed by atoms with van der Waals surface area (Å²) in [5, 5.41) is 0. The maximum atomic E-state index is 10.9. The van der Waals surface area contributed by atoms with Gasteiger partial charge in [0.05, 0.1) is 0 Å². The Balaban J connectivity index is 3.04. The van der Waals surface area contributed by atoms with E-state index in [1.54, 1.807) is 19.1 Å². The Morgan fingerprint density at radius 1 is 1.24 bits per heavy atom. The van der Waals surface area contributed by atoms with Gasteiger partial charge >= 0.3 is 0 Å². The van der Waals surface area contributed by atoms with Crippen LogP contribution in [0.5, 0.6) is 0 Å². The van der Waals surface area contributed by atoms with Crippen molar-refractivity contribution in [2.24, 2.45) is 5.73 Å². The zero-order valence-corrected chi connectivity index (χ0v) is 10.2. The van der Waals surface area contributed by atoms with E-state index >= 15 is 0 Å². The lowest BCUT2D eigenvalue weighted by Crippen LogP contribution is -2.11. The second-order valence-corrected chi connectivity index (χ2v) is 3.91. The molecule has 2 heteroatoms. The molecule has 0 fully saturated rings. The molecule has 1 rings (SSSR count). The maximum Gasteiger partial charge on any atom is 0.244 e. The molecule has 1 aromatic rings. The number of nitrogens with two attached hydrogens (primary N) is 1. The monoisotopic (exact) mass is 227 g/mol. The summed E-state index contributed by atoms with van der Waals surface area (Å²) in [7, 11) is 0. The summed E-state index contributed by atoms with van der Waals surface area (Å²) >= 11 is 0. The molecule has 1 amide bonds. The van der Waals surface area contributed by atoms with Gasteiger partial charge < -0.3 is 5.73 Å². The van der Waals surface area contributed by atoms with E-state index in [9.17, 15) is 4.79 Å². The first kappa shape index (κ1) is 13.0. The van der Waals surface area contributed by atoms with Gasteiger partial charge in [0.2, 0.25) is 5.91 Å². The van der Waals surface area contributed by atoms with Crippen LogP contribution in [0.2, 0.25) is 0 Å². The summed E-state index contributed by atoms with van der Waals surface area (Å²) in [6, 6.07) is 8.13. The van der Waals surface area contributed by atoms with Gasteiger partial charge in [-0.2, -0.15) is 0 Å². The maximum absolute atomic E-state index is 10.9. The van der Waals surface area contributed by atoms with Crippen molar-refractivity contribution in [3.05, 3.63) is 65.8 Å². The standard InChI is InChI=1S/C15H17NO/c1-4-13(10-7-12(3)15(16)17)14-8-5-11(2)6-9-14/h4-10H,1H2,2-3H3,(H2,16,17)/b12-7+,13-10+. The highest BCUT2D eigenvalue weighted by Crippen LogP contribution is 2.16. The first-order valence-electron chi connectivity index (χ1n) is 5.42. The Hall–Kier alpha value is -2.09. The molecule has 88 valence electrons. The van der Waals surface area contributed by atoms with Crippen LogP contribution in [0.4, 0.5) is 0 Å². The van der Waals surface area contributed by atoms with Crippen molar-refractivity contribution in [2.45, 2.75) is 13.8 Å². The third-order valence-electron chi connectivity index (χ3n) is 2.51. The molecule has 2 nitrogen and oxygen atoms in total. The van der Waals surface area contributed by atoms with Gasteiger partial charge in [-0.05, 0) is 25.0 Å². The van der Waals surface area contributed by atoms with Crippen molar-refractivity contribution in [3.8, 4) is 0 Å². The smallest absolute Gasteiger partial charge is 0.244 e. The lowest BCUT2D eigenvalue weighted by molar-refractivity contribution is -0.114. The summed E-state index contributed by atoms with van der Waals surface area (Å²) < 4.78 is 0. The topological polar surface area (TPSA) is 43.1 Å². The molecule has 0 radical (unpaired) electrons. The molecular weight excluding hydrogens is 210 g/mol. The molecule has 0 saturated carbocycles. The average Bonchev–Trinajstić information content (AvgIpc) is 2.31. The number of amides is 1. The van der Waals surface area contributed by atoms with Gasteiger partial charge in [-0.15, -0.1) is 0 Å². The highest BCUT2D eigenvalue weighted by atomic mass is 16.1. The fraction of sp³-hybridized carbons (Fsp3) is 0.133.